The number of benzene rings is 1. The van der Waals surface area contributed by atoms with Crippen LogP contribution in [0.1, 0.15) is 61.5 Å². The zero-order valence-corrected chi connectivity index (χ0v) is 18.8. The van der Waals surface area contributed by atoms with Crippen LogP contribution in [-0.4, -0.2) is 61.6 Å². The van der Waals surface area contributed by atoms with E-state index in [-0.39, 0.29) is 17.8 Å². The van der Waals surface area contributed by atoms with Crippen LogP contribution in [-0.2, 0) is 11.2 Å². The first-order valence-corrected chi connectivity index (χ1v) is 11.4. The maximum Gasteiger partial charge on any atom is 0.230 e. The van der Waals surface area contributed by atoms with Gasteiger partial charge in [0, 0.05) is 39.5 Å². The van der Waals surface area contributed by atoms with Crippen molar-refractivity contribution < 1.29 is 9.90 Å². The second kappa shape index (κ2) is 8.35. The lowest BCUT2D eigenvalue weighted by molar-refractivity contribution is -0.130. The van der Waals surface area contributed by atoms with Gasteiger partial charge in [0.2, 0.25) is 16.7 Å². The summed E-state index contributed by atoms with van der Waals surface area (Å²) in [5.41, 5.74) is 2.42. The van der Waals surface area contributed by atoms with Crippen molar-refractivity contribution >= 4 is 22.2 Å². The number of carbonyl (C=O) groups is 1. The van der Waals surface area contributed by atoms with Crippen LogP contribution < -0.4 is 0 Å². The first kappa shape index (κ1) is 20.8. The number of thiazole rings is 1. The molecule has 0 aliphatic carbocycles. The predicted octanol–water partition coefficient (Wildman–Crippen LogP) is 3.44. The van der Waals surface area contributed by atoms with Crippen molar-refractivity contribution in [2.24, 2.45) is 0 Å². The van der Waals surface area contributed by atoms with E-state index in [9.17, 15) is 9.90 Å². The third-order valence-corrected chi connectivity index (χ3v) is 6.92. The Morgan fingerprint density at radius 2 is 1.77 bits per heavy atom. The molecule has 1 N–H and O–H groups in total. The summed E-state index contributed by atoms with van der Waals surface area (Å²) in [7, 11) is 0. The second-order valence-corrected chi connectivity index (χ2v) is 9.14. The van der Waals surface area contributed by atoms with Crippen molar-refractivity contribution in [1.82, 2.24) is 24.4 Å². The van der Waals surface area contributed by atoms with Crippen molar-refractivity contribution in [3.05, 3.63) is 46.1 Å². The molecule has 7 nitrogen and oxygen atoms in total. The first-order chi connectivity index (χ1) is 14.4. The van der Waals surface area contributed by atoms with Gasteiger partial charge >= 0.3 is 0 Å². The van der Waals surface area contributed by atoms with Crippen LogP contribution in [0, 0.1) is 0 Å². The number of fused-ring (bicyclic) bond motifs is 1. The number of amides is 1. The molecule has 1 saturated heterocycles. The summed E-state index contributed by atoms with van der Waals surface area (Å²) in [4.78, 5) is 22.1. The Hall–Kier alpha value is -2.45. The number of aromatic hydroxyl groups is 1. The van der Waals surface area contributed by atoms with E-state index in [1.165, 1.54) is 16.9 Å². The summed E-state index contributed by atoms with van der Waals surface area (Å²) in [6.07, 6.45) is 0.732. The smallest absolute Gasteiger partial charge is 0.230 e. The highest BCUT2D eigenvalue weighted by molar-refractivity contribution is 7.17. The molecule has 3 aromatic rings. The molecular weight excluding hydrogens is 398 g/mol. The average molecular weight is 428 g/mol. The number of rotatable bonds is 5. The van der Waals surface area contributed by atoms with Gasteiger partial charge in [0.15, 0.2) is 5.82 Å². The van der Waals surface area contributed by atoms with Gasteiger partial charge in [0.1, 0.15) is 0 Å². The Balaban J connectivity index is 1.73. The minimum absolute atomic E-state index is 0.0982. The Labute approximate surface area is 181 Å². The van der Waals surface area contributed by atoms with Crippen LogP contribution in [0.4, 0.5) is 0 Å². The maximum absolute atomic E-state index is 11.8. The molecule has 1 fully saturated rings. The zero-order valence-electron chi connectivity index (χ0n) is 18.0. The molecule has 1 amide bonds. The van der Waals surface area contributed by atoms with Crippen molar-refractivity contribution in [2.45, 2.75) is 46.1 Å². The van der Waals surface area contributed by atoms with E-state index in [4.69, 9.17) is 0 Å². The molecule has 8 heteroatoms. The molecule has 1 aromatic carbocycles. The molecule has 0 spiro atoms. The van der Waals surface area contributed by atoms with Crippen LogP contribution in [0.25, 0.3) is 4.96 Å². The fourth-order valence-electron chi connectivity index (χ4n) is 4.00. The third kappa shape index (κ3) is 3.81. The molecule has 0 unspecified atom stereocenters. The Morgan fingerprint density at radius 1 is 1.13 bits per heavy atom. The summed E-state index contributed by atoms with van der Waals surface area (Å²) >= 11 is 1.49. The summed E-state index contributed by atoms with van der Waals surface area (Å²) in [5.74, 6) is 1.47. The highest BCUT2D eigenvalue weighted by Crippen LogP contribution is 2.40. The van der Waals surface area contributed by atoms with E-state index in [1.54, 1.807) is 11.4 Å². The Kier molecular flexibility index (Phi) is 5.79. The molecule has 0 saturated carbocycles. The minimum Gasteiger partial charge on any atom is -0.492 e. The van der Waals surface area contributed by atoms with Gasteiger partial charge in [0.05, 0.1) is 10.9 Å². The van der Waals surface area contributed by atoms with Crippen molar-refractivity contribution in [3.8, 4) is 5.88 Å². The number of nitrogens with zero attached hydrogens (tertiary/aromatic N) is 5. The highest BCUT2D eigenvalue weighted by atomic mass is 32.1. The van der Waals surface area contributed by atoms with Crippen molar-refractivity contribution in [1.29, 1.82) is 0 Å². The largest absolute Gasteiger partial charge is 0.492 e. The Bertz CT molecular complexity index is 1030. The van der Waals surface area contributed by atoms with E-state index < -0.39 is 0 Å². The van der Waals surface area contributed by atoms with Gasteiger partial charge in [0.25, 0.3) is 0 Å². The molecule has 30 heavy (non-hydrogen) atoms. The molecule has 0 radical (unpaired) electrons. The lowest BCUT2D eigenvalue weighted by Crippen LogP contribution is -2.49. The molecule has 2 aromatic heterocycles. The van der Waals surface area contributed by atoms with E-state index in [0.717, 1.165) is 35.8 Å². The van der Waals surface area contributed by atoms with Gasteiger partial charge in [-0.25, -0.2) is 4.98 Å². The maximum atomic E-state index is 11.8. The van der Waals surface area contributed by atoms with E-state index in [0.29, 0.717) is 24.0 Å². The standard InChI is InChI=1S/C22H29N5O2S/c1-5-18-23-22-27(24-18)21(29)20(30-22)19(17-8-6-16(7-9-17)14(2)3)26-12-10-25(11-13-26)15(4)28/h6-9,14,19,29H,5,10-13H2,1-4H3/t19-/m0/s1. The number of hydrogen-bond acceptors (Lipinski definition) is 6. The topological polar surface area (TPSA) is 74.0 Å². The number of aromatic nitrogens is 3. The summed E-state index contributed by atoms with van der Waals surface area (Å²) in [6.45, 7) is 10.9. The monoisotopic (exact) mass is 427 g/mol. The number of hydrogen-bond donors (Lipinski definition) is 1. The van der Waals surface area contributed by atoms with Crippen molar-refractivity contribution in [3.63, 3.8) is 0 Å². The second-order valence-electron chi connectivity index (χ2n) is 8.13. The van der Waals surface area contributed by atoms with Crippen molar-refractivity contribution in [2.75, 3.05) is 26.2 Å². The van der Waals surface area contributed by atoms with Gasteiger partial charge in [-0.15, -0.1) is 5.10 Å². The van der Waals surface area contributed by atoms with E-state index in [1.807, 2.05) is 11.8 Å². The quantitative estimate of drug-likeness (QED) is 0.675. The highest BCUT2D eigenvalue weighted by Gasteiger charge is 2.32. The molecule has 3 heterocycles. The molecule has 4 rings (SSSR count). The average Bonchev–Trinajstić information content (AvgIpc) is 3.28. The zero-order chi connectivity index (χ0) is 21.4. The third-order valence-electron chi connectivity index (χ3n) is 5.85. The molecule has 1 aliphatic rings. The van der Waals surface area contributed by atoms with Gasteiger partial charge < -0.3 is 10.0 Å². The van der Waals surface area contributed by atoms with Gasteiger partial charge in [-0.05, 0) is 17.0 Å². The number of piperazine rings is 1. The SMILES string of the molecule is CCc1nc2sc([C@H](c3ccc(C(C)C)cc3)N3CCN(C(C)=O)CC3)c(O)n2n1. The summed E-state index contributed by atoms with van der Waals surface area (Å²) in [5, 5.41) is 15.5. The normalized spacial score (nSPS) is 16.5. The molecule has 160 valence electrons. The van der Waals surface area contributed by atoms with Crippen LogP contribution in [0.2, 0.25) is 0 Å². The van der Waals surface area contributed by atoms with Gasteiger partial charge in [-0.2, -0.15) is 4.52 Å². The first-order valence-electron chi connectivity index (χ1n) is 10.6. The summed E-state index contributed by atoms with van der Waals surface area (Å²) < 4.78 is 1.56. The fraction of sp³-hybridized carbons (Fsp3) is 0.500. The molecule has 1 aliphatic heterocycles. The van der Waals surface area contributed by atoms with Crippen LogP contribution in [0.5, 0.6) is 5.88 Å². The van der Waals surface area contributed by atoms with Gasteiger partial charge in [-0.3, -0.25) is 9.69 Å². The number of carbonyl (C=O) groups excluding carboxylic acids is 1. The fourth-order valence-corrected chi connectivity index (χ4v) is 5.14. The predicted molar refractivity (Wildman–Crippen MR) is 118 cm³/mol. The summed E-state index contributed by atoms with van der Waals surface area (Å²) in [6, 6.07) is 8.55. The molecule has 1 atom stereocenters. The van der Waals surface area contributed by atoms with E-state index in [2.05, 4.69) is 53.1 Å². The van der Waals surface area contributed by atoms with Gasteiger partial charge in [-0.1, -0.05) is 56.4 Å². The lowest BCUT2D eigenvalue weighted by Gasteiger charge is -2.38. The van der Waals surface area contributed by atoms with Crippen LogP contribution in [0.15, 0.2) is 24.3 Å². The van der Waals surface area contributed by atoms with Crippen LogP contribution in [0.3, 0.4) is 0 Å². The molecular formula is C22H29N5O2S. The number of aryl methyl sites for hydroxylation is 1. The van der Waals surface area contributed by atoms with Crippen LogP contribution >= 0.6 is 11.3 Å². The van der Waals surface area contributed by atoms with E-state index >= 15 is 0 Å². The Morgan fingerprint density at radius 3 is 2.30 bits per heavy atom. The molecule has 0 bridgehead atoms. The minimum atomic E-state index is -0.0982. The lowest BCUT2D eigenvalue weighted by atomic mass is 9.97.